The summed E-state index contributed by atoms with van der Waals surface area (Å²) in [5, 5.41) is -0.0398. The van der Waals surface area contributed by atoms with Crippen molar-refractivity contribution in [3.05, 3.63) is 70.5 Å². The maximum Gasteiger partial charge on any atom is 0.290 e. The van der Waals surface area contributed by atoms with Gasteiger partial charge in [0.25, 0.3) is 5.91 Å². The molecule has 3 aliphatic rings. The number of carbonyl (C=O) groups is 2. The number of methoxy groups -OCH3 is 2. The molecular formula is C28H30ClNO5. The van der Waals surface area contributed by atoms with Crippen LogP contribution in [-0.2, 0) is 20.7 Å². The molecule has 184 valence electrons. The Morgan fingerprint density at radius 1 is 1.03 bits per heavy atom. The fraction of sp³-hybridized carbons (Fsp3) is 0.429. The molecule has 0 spiro atoms. The quantitative estimate of drug-likeness (QED) is 0.540. The van der Waals surface area contributed by atoms with Gasteiger partial charge in [-0.25, -0.2) is 0 Å². The Morgan fingerprint density at radius 2 is 1.77 bits per heavy atom. The van der Waals surface area contributed by atoms with Crippen molar-refractivity contribution < 1.29 is 23.8 Å². The van der Waals surface area contributed by atoms with E-state index in [0.29, 0.717) is 42.9 Å². The molecule has 0 aromatic heterocycles. The van der Waals surface area contributed by atoms with Crippen LogP contribution in [0, 0.1) is 12.8 Å². The van der Waals surface area contributed by atoms with E-state index < -0.39 is 6.04 Å². The molecule has 2 aromatic carbocycles. The molecule has 4 atom stereocenters. The summed E-state index contributed by atoms with van der Waals surface area (Å²) >= 11 is 6.42. The molecule has 1 amide bonds. The zero-order chi connectivity index (χ0) is 24.7. The number of aryl methyl sites for hydroxylation is 1. The molecule has 0 bridgehead atoms. The van der Waals surface area contributed by atoms with Crippen molar-refractivity contribution in [2.75, 3.05) is 20.8 Å². The topological polar surface area (TPSA) is 65.1 Å². The van der Waals surface area contributed by atoms with E-state index in [-0.39, 0.29) is 34.8 Å². The Labute approximate surface area is 210 Å². The van der Waals surface area contributed by atoms with E-state index in [1.54, 1.807) is 19.1 Å². The molecule has 2 aliphatic heterocycles. The van der Waals surface area contributed by atoms with E-state index in [4.69, 9.17) is 25.8 Å². The summed E-state index contributed by atoms with van der Waals surface area (Å²) in [5.74, 6) is 1.02. The van der Waals surface area contributed by atoms with E-state index in [2.05, 4.69) is 0 Å². The second-order valence-corrected chi connectivity index (χ2v) is 10.1. The van der Waals surface area contributed by atoms with Gasteiger partial charge in [-0.3, -0.25) is 9.59 Å². The van der Waals surface area contributed by atoms with Crippen molar-refractivity contribution in [1.82, 2.24) is 4.90 Å². The fourth-order valence-corrected chi connectivity index (χ4v) is 5.79. The number of amides is 1. The molecule has 2 heterocycles. The van der Waals surface area contributed by atoms with Gasteiger partial charge in [-0.1, -0.05) is 35.9 Å². The van der Waals surface area contributed by atoms with Crippen molar-refractivity contribution in [2.24, 2.45) is 5.92 Å². The number of benzene rings is 2. The van der Waals surface area contributed by atoms with Crippen molar-refractivity contribution in [3.8, 4) is 11.5 Å². The molecule has 1 fully saturated rings. The van der Waals surface area contributed by atoms with Crippen molar-refractivity contribution in [1.29, 1.82) is 0 Å². The molecule has 5 rings (SSSR count). The highest BCUT2D eigenvalue weighted by Gasteiger charge is 2.52. The van der Waals surface area contributed by atoms with Crippen LogP contribution in [0.5, 0.6) is 11.5 Å². The smallest absolute Gasteiger partial charge is 0.290 e. The van der Waals surface area contributed by atoms with Gasteiger partial charge in [-0.2, -0.15) is 0 Å². The van der Waals surface area contributed by atoms with Crippen LogP contribution in [0.25, 0.3) is 0 Å². The zero-order valence-electron chi connectivity index (χ0n) is 20.3. The maximum absolute atomic E-state index is 13.8. The van der Waals surface area contributed by atoms with Gasteiger partial charge >= 0.3 is 0 Å². The molecule has 7 heteroatoms. The minimum absolute atomic E-state index is 0.00846. The molecule has 0 saturated heterocycles. The molecular weight excluding hydrogens is 466 g/mol. The normalized spacial score (nSPS) is 25.8. The number of ether oxygens (including phenoxy) is 3. The molecule has 0 radical (unpaired) electrons. The number of fused-ring (bicyclic) bond motifs is 1. The van der Waals surface area contributed by atoms with Gasteiger partial charge in [0.05, 0.1) is 31.8 Å². The second kappa shape index (κ2) is 9.57. The summed E-state index contributed by atoms with van der Waals surface area (Å²) < 4.78 is 17.0. The van der Waals surface area contributed by atoms with Gasteiger partial charge in [-0.15, -0.1) is 11.6 Å². The van der Waals surface area contributed by atoms with Crippen molar-refractivity contribution >= 4 is 23.3 Å². The minimum atomic E-state index is -0.470. The SMILES string of the molecule is COc1ccc(CCN2C(=O)C3=C(C(=O)C4CC(Cl)CCC4O3)C2c2ccc(C)cc2)cc1OC. The number of nitrogens with zero attached hydrogens (tertiary/aromatic N) is 1. The predicted molar refractivity (Wildman–Crippen MR) is 133 cm³/mol. The van der Waals surface area contributed by atoms with E-state index in [0.717, 1.165) is 23.1 Å². The lowest BCUT2D eigenvalue weighted by molar-refractivity contribution is -0.135. The average molecular weight is 496 g/mol. The first-order valence-corrected chi connectivity index (χ1v) is 12.5. The van der Waals surface area contributed by atoms with Crippen LogP contribution < -0.4 is 9.47 Å². The number of ketones is 1. The summed E-state index contributed by atoms with van der Waals surface area (Å²) in [6.45, 7) is 2.45. The summed E-state index contributed by atoms with van der Waals surface area (Å²) in [4.78, 5) is 29.2. The average Bonchev–Trinajstić information content (AvgIpc) is 3.15. The number of carbonyl (C=O) groups excluding carboxylic acids is 2. The first-order chi connectivity index (χ1) is 16.9. The number of hydrogen-bond acceptors (Lipinski definition) is 5. The van der Waals surface area contributed by atoms with E-state index in [1.165, 1.54) is 0 Å². The third kappa shape index (κ3) is 4.29. The first kappa shape index (κ1) is 23.7. The summed E-state index contributed by atoms with van der Waals surface area (Å²) in [6, 6.07) is 13.3. The highest BCUT2D eigenvalue weighted by atomic mass is 35.5. The molecule has 4 unspecified atom stereocenters. The second-order valence-electron chi connectivity index (χ2n) is 9.53. The molecule has 0 N–H and O–H groups in total. The predicted octanol–water partition coefficient (Wildman–Crippen LogP) is 4.77. The van der Waals surface area contributed by atoms with E-state index >= 15 is 0 Å². The number of hydrogen-bond donors (Lipinski definition) is 0. The van der Waals surface area contributed by atoms with Crippen LogP contribution >= 0.6 is 11.6 Å². The Bertz CT molecular complexity index is 1170. The summed E-state index contributed by atoms with van der Waals surface area (Å²) in [7, 11) is 3.20. The van der Waals surface area contributed by atoms with E-state index in [9.17, 15) is 9.59 Å². The number of halogens is 1. The fourth-order valence-electron chi connectivity index (χ4n) is 5.47. The zero-order valence-corrected chi connectivity index (χ0v) is 21.0. The Balaban J connectivity index is 1.47. The van der Waals surface area contributed by atoms with Gasteiger partial charge in [0.1, 0.15) is 6.10 Å². The van der Waals surface area contributed by atoms with Crippen molar-refractivity contribution in [2.45, 2.75) is 50.1 Å². The van der Waals surface area contributed by atoms with E-state index in [1.807, 2.05) is 49.4 Å². The molecule has 35 heavy (non-hydrogen) atoms. The van der Waals surface area contributed by atoms with Crippen LogP contribution in [0.1, 0.15) is 42.0 Å². The standard InChI is InChI=1S/C28H30ClNO5/c1-16-4-7-18(8-5-16)25-24-26(31)20-15-19(29)9-11-21(20)35-27(24)28(32)30(25)13-12-17-6-10-22(33-2)23(14-17)34-3/h4-8,10,14,19-21,25H,9,11-13,15H2,1-3H3. The lowest BCUT2D eigenvalue weighted by Gasteiger charge is -2.37. The largest absolute Gasteiger partial charge is 0.493 e. The third-order valence-corrected chi connectivity index (χ3v) is 7.76. The van der Waals surface area contributed by atoms with Gasteiger partial charge in [0.2, 0.25) is 0 Å². The highest BCUT2D eigenvalue weighted by molar-refractivity contribution is 6.21. The van der Waals surface area contributed by atoms with Crippen molar-refractivity contribution in [3.63, 3.8) is 0 Å². The Kier molecular flexibility index (Phi) is 6.49. The maximum atomic E-state index is 13.8. The van der Waals surface area contributed by atoms with Crippen LogP contribution in [-0.4, -0.2) is 48.8 Å². The van der Waals surface area contributed by atoms with Gasteiger partial charge in [0, 0.05) is 11.9 Å². The van der Waals surface area contributed by atoms with Gasteiger partial charge < -0.3 is 19.1 Å². The Hall–Kier alpha value is -2.99. The lowest BCUT2D eigenvalue weighted by Crippen LogP contribution is -2.41. The molecule has 2 aromatic rings. The van der Waals surface area contributed by atoms with Gasteiger partial charge in [0.15, 0.2) is 23.0 Å². The Morgan fingerprint density at radius 3 is 2.49 bits per heavy atom. The number of Topliss-reactive ketones (excluding diaryl/α,β-unsaturated/α-hetero) is 1. The minimum Gasteiger partial charge on any atom is -0.493 e. The monoisotopic (exact) mass is 495 g/mol. The molecule has 1 saturated carbocycles. The molecule has 6 nitrogen and oxygen atoms in total. The van der Waals surface area contributed by atoms with Crippen LogP contribution in [0.15, 0.2) is 53.8 Å². The first-order valence-electron chi connectivity index (χ1n) is 12.1. The van der Waals surface area contributed by atoms with Crippen LogP contribution in [0.4, 0.5) is 0 Å². The lowest BCUT2D eigenvalue weighted by atomic mass is 9.77. The van der Waals surface area contributed by atoms with Crippen LogP contribution in [0.3, 0.4) is 0 Å². The van der Waals surface area contributed by atoms with Crippen LogP contribution in [0.2, 0.25) is 0 Å². The third-order valence-electron chi connectivity index (χ3n) is 7.36. The number of alkyl halides is 1. The molecule has 1 aliphatic carbocycles. The summed E-state index contributed by atoms with van der Waals surface area (Å²) in [5.41, 5.74) is 3.52. The van der Waals surface area contributed by atoms with Gasteiger partial charge in [-0.05, 0) is 55.9 Å². The number of rotatable bonds is 6. The highest BCUT2D eigenvalue weighted by Crippen LogP contribution is 2.47. The summed E-state index contributed by atoms with van der Waals surface area (Å²) in [6.07, 6.45) is 2.39.